The first-order valence-electron chi connectivity index (χ1n) is 11.3. The lowest BCUT2D eigenvalue weighted by Gasteiger charge is -2.24. The second-order valence-electron chi connectivity index (χ2n) is 8.65. The number of ketones is 1. The molecule has 9 heteroatoms. The number of aromatic amines is 1. The molecule has 2 aromatic carbocycles. The minimum Gasteiger partial charge on any atom is -0.497 e. The fraction of sp³-hybridized carbons (Fsp3) is 0.308. The number of nitrogens with zero attached hydrogens (tertiary/aromatic N) is 1. The number of ether oxygens (including phenoxy) is 2. The molecule has 3 aromatic rings. The molecule has 35 heavy (non-hydrogen) atoms. The van der Waals surface area contributed by atoms with Gasteiger partial charge in [0.25, 0.3) is 5.91 Å². The highest BCUT2D eigenvalue weighted by molar-refractivity contribution is 5.99. The van der Waals surface area contributed by atoms with Crippen molar-refractivity contribution < 1.29 is 23.9 Å². The zero-order valence-corrected chi connectivity index (χ0v) is 19.6. The minimum atomic E-state index is -0.944. The van der Waals surface area contributed by atoms with Gasteiger partial charge in [0.05, 0.1) is 19.8 Å². The summed E-state index contributed by atoms with van der Waals surface area (Å²) >= 11 is 0. The first-order chi connectivity index (χ1) is 16.9. The number of hydrogen-bond donors (Lipinski definition) is 3. The second-order valence-corrected chi connectivity index (χ2v) is 8.65. The van der Waals surface area contributed by atoms with Gasteiger partial charge in [0.1, 0.15) is 17.4 Å². The van der Waals surface area contributed by atoms with Crippen molar-refractivity contribution in [2.24, 2.45) is 0 Å². The molecular formula is C26H28N4O5. The first-order valence-corrected chi connectivity index (χ1v) is 11.3. The molecule has 2 heterocycles. The topological polar surface area (TPSA) is 126 Å². The Balaban J connectivity index is 1.54. The molecule has 4 rings (SSSR count). The third kappa shape index (κ3) is 6.13. The van der Waals surface area contributed by atoms with E-state index in [4.69, 9.17) is 9.47 Å². The number of benzene rings is 2. The standard InChI is InChI=1S/C26H28N4O5/c1-26(16-35-26)22(31)20(14-17-6-4-3-5-7-17)29-24(32)21(30-25(33)23-27-12-13-28-23)15-18-8-10-19(34-2)11-9-18/h3-13,20-21H,14-16H2,1-2H3,(H,27,28)(H,29,32)(H,30,33). The van der Waals surface area contributed by atoms with E-state index in [-0.39, 0.29) is 18.0 Å². The molecule has 0 radical (unpaired) electrons. The maximum atomic E-state index is 13.5. The molecule has 0 aliphatic carbocycles. The average molecular weight is 477 g/mol. The van der Waals surface area contributed by atoms with Gasteiger partial charge >= 0.3 is 0 Å². The number of imidazole rings is 1. The molecule has 0 spiro atoms. The summed E-state index contributed by atoms with van der Waals surface area (Å²) in [5.41, 5.74) is 0.811. The van der Waals surface area contributed by atoms with Gasteiger partial charge in [-0.15, -0.1) is 0 Å². The van der Waals surface area contributed by atoms with Gasteiger partial charge in [0.2, 0.25) is 5.91 Å². The highest BCUT2D eigenvalue weighted by Gasteiger charge is 2.50. The number of carbonyl (C=O) groups is 3. The van der Waals surface area contributed by atoms with Gasteiger partial charge in [-0.05, 0) is 36.6 Å². The van der Waals surface area contributed by atoms with Crippen LogP contribution >= 0.6 is 0 Å². The van der Waals surface area contributed by atoms with Gasteiger partial charge in [0, 0.05) is 18.8 Å². The van der Waals surface area contributed by atoms with Crippen LogP contribution in [0.2, 0.25) is 0 Å². The zero-order valence-electron chi connectivity index (χ0n) is 19.6. The van der Waals surface area contributed by atoms with Gasteiger partial charge in [-0.2, -0.15) is 0 Å². The third-order valence-corrected chi connectivity index (χ3v) is 5.95. The number of methoxy groups -OCH3 is 1. The van der Waals surface area contributed by atoms with Crippen molar-refractivity contribution in [3.05, 3.63) is 83.9 Å². The van der Waals surface area contributed by atoms with E-state index in [1.54, 1.807) is 26.2 Å². The molecule has 2 amide bonds. The van der Waals surface area contributed by atoms with Crippen LogP contribution in [-0.2, 0) is 27.2 Å². The van der Waals surface area contributed by atoms with E-state index in [0.717, 1.165) is 11.1 Å². The fourth-order valence-corrected chi connectivity index (χ4v) is 3.77. The van der Waals surface area contributed by atoms with Crippen molar-refractivity contribution in [2.45, 2.75) is 37.5 Å². The fourth-order valence-electron chi connectivity index (χ4n) is 3.77. The second kappa shape index (κ2) is 10.5. The number of rotatable bonds is 11. The Morgan fingerprint density at radius 1 is 1.03 bits per heavy atom. The van der Waals surface area contributed by atoms with Gasteiger partial charge < -0.3 is 25.1 Å². The molecule has 1 aliphatic heterocycles. The normalized spacial score (nSPS) is 18.2. The third-order valence-electron chi connectivity index (χ3n) is 5.95. The molecule has 1 fully saturated rings. The molecule has 1 aromatic heterocycles. The quantitative estimate of drug-likeness (QED) is 0.363. The van der Waals surface area contributed by atoms with E-state index in [9.17, 15) is 14.4 Å². The molecular weight excluding hydrogens is 448 g/mol. The summed E-state index contributed by atoms with van der Waals surface area (Å²) in [6.07, 6.45) is 3.50. The Hall–Kier alpha value is -3.98. The summed E-state index contributed by atoms with van der Waals surface area (Å²) < 4.78 is 10.6. The van der Waals surface area contributed by atoms with Crippen LogP contribution in [0.5, 0.6) is 5.75 Å². The number of aromatic nitrogens is 2. The van der Waals surface area contributed by atoms with Crippen molar-refractivity contribution in [3.8, 4) is 5.75 Å². The summed E-state index contributed by atoms with van der Waals surface area (Å²) in [6.45, 7) is 2.03. The van der Waals surface area contributed by atoms with Gasteiger partial charge in [-0.25, -0.2) is 4.98 Å². The number of epoxide rings is 1. The van der Waals surface area contributed by atoms with E-state index in [0.29, 0.717) is 18.8 Å². The Bertz CT molecular complexity index is 1160. The average Bonchev–Trinajstić information content (AvgIpc) is 3.39. The van der Waals surface area contributed by atoms with Crippen molar-refractivity contribution in [2.75, 3.05) is 13.7 Å². The van der Waals surface area contributed by atoms with E-state index >= 15 is 0 Å². The summed E-state index contributed by atoms with van der Waals surface area (Å²) in [4.78, 5) is 46.0. The molecule has 1 aliphatic rings. The summed E-state index contributed by atoms with van der Waals surface area (Å²) in [6, 6.07) is 14.9. The van der Waals surface area contributed by atoms with Crippen LogP contribution in [0.4, 0.5) is 0 Å². The van der Waals surface area contributed by atoms with Crippen LogP contribution in [0.25, 0.3) is 0 Å². The molecule has 9 nitrogen and oxygen atoms in total. The van der Waals surface area contributed by atoms with Crippen molar-refractivity contribution in [1.29, 1.82) is 0 Å². The van der Waals surface area contributed by atoms with Crippen molar-refractivity contribution in [1.82, 2.24) is 20.6 Å². The Morgan fingerprint density at radius 3 is 2.29 bits per heavy atom. The van der Waals surface area contributed by atoms with Crippen molar-refractivity contribution in [3.63, 3.8) is 0 Å². The predicted molar refractivity (Wildman–Crippen MR) is 128 cm³/mol. The monoisotopic (exact) mass is 476 g/mol. The molecule has 3 atom stereocenters. The highest BCUT2D eigenvalue weighted by Crippen LogP contribution is 2.29. The van der Waals surface area contributed by atoms with Gasteiger partial charge in [-0.3, -0.25) is 14.4 Å². The lowest BCUT2D eigenvalue weighted by Crippen LogP contribution is -2.55. The SMILES string of the molecule is COc1ccc(CC(NC(=O)c2ncc[nH]2)C(=O)NC(Cc2ccccc2)C(=O)C2(C)CO2)cc1. The minimum absolute atomic E-state index is 0.0911. The van der Waals surface area contributed by atoms with Crippen LogP contribution in [0.15, 0.2) is 67.0 Å². The van der Waals surface area contributed by atoms with Crippen LogP contribution in [0.1, 0.15) is 28.7 Å². The van der Waals surface area contributed by atoms with Crippen LogP contribution < -0.4 is 15.4 Å². The highest BCUT2D eigenvalue weighted by atomic mass is 16.6. The maximum absolute atomic E-state index is 13.5. The number of nitrogens with one attached hydrogen (secondary N) is 3. The number of Topliss-reactive ketones (excluding diaryl/α,β-unsaturated/α-hetero) is 1. The number of hydrogen-bond acceptors (Lipinski definition) is 6. The predicted octanol–water partition coefficient (Wildman–Crippen LogP) is 1.84. The van der Waals surface area contributed by atoms with Gasteiger partial charge in [0.15, 0.2) is 11.6 Å². The van der Waals surface area contributed by atoms with E-state index in [1.807, 2.05) is 42.5 Å². The number of H-pyrrole nitrogens is 1. The Labute approximate surface area is 203 Å². The maximum Gasteiger partial charge on any atom is 0.287 e. The van der Waals surface area contributed by atoms with E-state index < -0.39 is 29.5 Å². The number of amides is 2. The molecule has 3 unspecified atom stereocenters. The summed E-state index contributed by atoms with van der Waals surface area (Å²) in [7, 11) is 1.57. The molecule has 1 saturated heterocycles. The first kappa shape index (κ1) is 24.2. The largest absolute Gasteiger partial charge is 0.497 e. The van der Waals surface area contributed by atoms with Gasteiger partial charge in [-0.1, -0.05) is 42.5 Å². The summed E-state index contributed by atoms with van der Waals surface area (Å²) in [5, 5.41) is 5.61. The number of carbonyl (C=O) groups excluding carboxylic acids is 3. The molecule has 0 saturated carbocycles. The van der Waals surface area contributed by atoms with Crippen molar-refractivity contribution >= 4 is 17.6 Å². The zero-order chi connectivity index (χ0) is 24.8. The van der Waals surface area contributed by atoms with E-state index in [2.05, 4.69) is 20.6 Å². The Kier molecular flexibility index (Phi) is 7.26. The van der Waals surface area contributed by atoms with Crippen LogP contribution in [0.3, 0.4) is 0 Å². The van der Waals surface area contributed by atoms with E-state index in [1.165, 1.54) is 12.4 Å². The Morgan fingerprint density at radius 2 is 1.69 bits per heavy atom. The van der Waals surface area contributed by atoms with Crippen LogP contribution in [0, 0.1) is 0 Å². The van der Waals surface area contributed by atoms with Crippen LogP contribution in [-0.4, -0.2) is 59.0 Å². The smallest absolute Gasteiger partial charge is 0.287 e. The summed E-state index contributed by atoms with van der Waals surface area (Å²) in [5.74, 6) is -0.421. The molecule has 182 valence electrons. The molecule has 3 N–H and O–H groups in total. The molecule has 0 bridgehead atoms. The lowest BCUT2D eigenvalue weighted by atomic mass is 9.94. The lowest BCUT2D eigenvalue weighted by molar-refractivity contribution is -0.131.